The molecule has 0 fully saturated rings. The molecule has 1 aromatic carbocycles. The number of halogens is 1. The van der Waals surface area contributed by atoms with Gasteiger partial charge in [0, 0.05) is 29.5 Å². The third-order valence-electron chi connectivity index (χ3n) is 5.47. The Bertz CT molecular complexity index is 764. The average Bonchev–Trinajstić information content (AvgIpc) is 2.79. The highest BCUT2D eigenvalue weighted by Gasteiger charge is 2.53. The summed E-state index contributed by atoms with van der Waals surface area (Å²) in [6.45, 7) is 1.18. The molecule has 4 rings (SSSR count). The number of methoxy groups -OCH3 is 1. The molecule has 0 radical (unpaired) electrons. The van der Waals surface area contributed by atoms with E-state index in [0.29, 0.717) is 25.3 Å². The van der Waals surface area contributed by atoms with Gasteiger partial charge in [-0.3, -0.25) is 9.69 Å². The first-order chi connectivity index (χ1) is 11.9. The van der Waals surface area contributed by atoms with Gasteiger partial charge in [-0.05, 0) is 18.1 Å². The van der Waals surface area contributed by atoms with Crippen LogP contribution in [0, 0.1) is 0 Å². The van der Waals surface area contributed by atoms with Crippen LogP contribution < -0.4 is 9.47 Å². The largest absolute Gasteiger partial charge is 0.493 e. The van der Waals surface area contributed by atoms with Gasteiger partial charge >= 0.3 is 5.97 Å². The number of hydrogen-bond acceptors (Lipinski definition) is 5. The smallest absolute Gasteiger partial charge is 0.317 e. The van der Waals surface area contributed by atoms with E-state index in [1.165, 1.54) is 0 Å². The minimum Gasteiger partial charge on any atom is -0.493 e. The minimum absolute atomic E-state index is 0.00118. The Labute approximate surface area is 154 Å². The van der Waals surface area contributed by atoms with Crippen molar-refractivity contribution in [3.63, 3.8) is 0 Å². The summed E-state index contributed by atoms with van der Waals surface area (Å²) in [5.74, 6) is 0.553. The van der Waals surface area contributed by atoms with Crippen molar-refractivity contribution in [2.24, 2.45) is 0 Å². The number of carbonyl (C=O) groups is 1. The van der Waals surface area contributed by atoms with E-state index in [9.17, 15) is 15.0 Å². The van der Waals surface area contributed by atoms with Gasteiger partial charge in [0.2, 0.25) is 0 Å². The van der Waals surface area contributed by atoms with Crippen molar-refractivity contribution < 1.29 is 24.5 Å². The van der Waals surface area contributed by atoms with Crippen molar-refractivity contribution in [2.75, 3.05) is 20.2 Å². The molecule has 0 unspecified atom stereocenters. The standard InChI is InChI=1S/C18H20BrNO5/c1-24-13-7-12(19)11-8-20(9-15(22)23)5-4-18-3-2-10(21)6-14(18)25-17(13)16(11)18/h2-3,7,10,14,21H,4-6,8-9H2,1H3,(H,22,23)/t10-,14-,18-/m1/s1. The first kappa shape index (κ1) is 16.9. The summed E-state index contributed by atoms with van der Waals surface area (Å²) in [5.41, 5.74) is 1.76. The Morgan fingerprint density at radius 3 is 3.08 bits per heavy atom. The van der Waals surface area contributed by atoms with Crippen LogP contribution in [-0.4, -0.2) is 53.5 Å². The predicted octanol–water partition coefficient (Wildman–Crippen LogP) is 2.07. The van der Waals surface area contributed by atoms with Gasteiger partial charge in [-0.2, -0.15) is 0 Å². The quantitative estimate of drug-likeness (QED) is 0.743. The Morgan fingerprint density at radius 1 is 1.56 bits per heavy atom. The van der Waals surface area contributed by atoms with E-state index in [1.54, 1.807) is 7.11 Å². The molecule has 0 saturated carbocycles. The molecule has 25 heavy (non-hydrogen) atoms. The lowest BCUT2D eigenvalue weighted by Crippen LogP contribution is -2.43. The zero-order valence-electron chi connectivity index (χ0n) is 13.9. The van der Waals surface area contributed by atoms with E-state index in [0.717, 1.165) is 27.8 Å². The molecule has 3 atom stereocenters. The van der Waals surface area contributed by atoms with Crippen molar-refractivity contribution in [2.45, 2.75) is 37.0 Å². The maximum atomic E-state index is 11.2. The predicted molar refractivity (Wildman–Crippen MR) is 94.1 cm³/mol. The summed E-state index contributed by atoms with van der Waals surface area (Å²) >= 11 is 3.63. The minimum atomic E-state index is -0.832. The van der Waals surface area contributed by atoms with Gasteiger partial charge in [-0.1, -0.05) is 28.1 Å². The molecule has 134 valence electrons. The van der Waals surface area contributed by atoms with Gasteiger partial charge in [-0.15, -0.1) is 0 Å². The van der Waals surface area contributed by atoms with E-state index >= 15 is 0 Å². The number of aliphatic hydroxyl groups is 1. The molecule has 0 bridgehead atoms. The normalized spacial score (nSPS) is 30.2. The third kappa shape index (κ3) is 2.56. The molecular weight excluding hydrogens is 390 g/mol. The van der Waals surface area contributed by atoms with Crippen LogP contribution in [-0.2, 0) is 16.8 Å². The lowest BCUT2D eigenvalue weighted by atomic mass is 9.69. The highest BCUT2D eigenvalue weighted by molar-refractivity contribution is 9.10. The number of aliphatic hydroxyl groups excluding tert-OH is 1. The molecular formula is C18H20BrNO5. The zero-order valence-corrected chi connectivity index (χ0v) is 15.5. The first-order valence-corrected chi connectivity index (χ1v) is 9.12. The fraction of sp³-hybridized carbons (Fsp3) is 0.500. The maximum Gasteiger partial charge on any atom is 0.317 e. The van der Waals surface area contributed by atoms with Crippen LogP contribution in [0.4, 0.5) is 0 Å². The monoisotopic (exact) mass is 409 g/mol. The van der Waals surface area contributed by atoms with Crippen molar-refractivity contribution in [3.8, 4) is 11.5 Å². The van der Waals surface area contributed by atoms with Crippen LogP contribution in [0.5, 0.6) is 11.5 Å². The van der Waals surface area contributed by atoms with Crippen LogP contribution in [0.1, 0.15) is 24.0 Å². The summed E-state index contributed by atoms with van der Waals surface area (Å²) in [6.07, 6.45) is 4.45. The van der Waals surface area contributed by atoms with Crippen LogP contribution >= 0.6 is 15.9 Å². The second-order valence-electron chi connectivity index (χ2n) is 6.91. The Balaban J connectivity index is 1.90. The average molecular weight is 410 g/mol. The van der Waals surface area contributed by atoms with E-state index in [1.807, 2.05) is 17.0 Å². The Morgan fingerprint density at radius 2 is 2.36 bits per heavy atom. The third-order valence-corrected chi connectivity index (χ3v) is 6.18. The Kier molecular flexibility index (Phi) is 4.05. The molecule has 2 N–H and O–H groups in total. The van der Waals surface area contributed by atoms with Gasteiger partial charge in [0.05, 0.1) is 25.2 Å². The highest BCUT2D eigenvalue weighted by Crippen LogP contribution is 2.57. The molecule has 0 amide bonds. The van der Waals surface area contributed by atoms with Crippen molar-refractivity contribution in [1.82, 2.24) is 4.90 Å². The van der Waals surface area contributed by atoms with Gasteiger partial charge < -0.3 is 19.7 Å². The molecule has 1 aromatic rings. The van der Waals surface area contributed by atoms with Gasteiger partial charge in [0.25, 0.3) is 0 Å². The molecule has 0 saturated heterocycles. The van der Waals surface area contributed by atoms with Crippen LogP contribution in [0.25, 0.3) is 0 Å². The van der Waals surface area contributed by atoms with Crippen LogP contribution in [0.15, 0.2) is 22.7 Å². The fourth-order valence-corrected chi connectivity index (χ4v) is 4.87. The van der Waals surface area contributed by atoms with Crippen molar-refractivity contribution >= 4 is 21.9 Å². The number of aliphatic carboxylic acids is 1. The van der Waals surface area contributed by atoms with Gasteiger partial charge in [0.1, 0.15) is 6.10 Å². The number of ether oxygens (including phenoxy) is 2. The molecule has 1 spiro atoms. The molecule has 0 aromatic heterocycles. The number of nitrogens with zero attached hydrogens (tertiary/aromatic N) is 1. The second-order valence-corrected chi connectivity index (χ2v) is 7.76. The number of rotatable bonds is 3. The second kappa shape index (κ2) is 6.00. The van der Waals surface area contributed by atoms with Crippen molar-refractivity contribution in [3.05, 3.63) is 33.8 Å². The number of hydrogen-bond donors (Lipinski definition) is 2. The fourth-order valence-electron chi connectivity index (χ4n) is 4.34. The molecule has 2 heterocycles. The SMILES string of the molecule is COc1cc(Br)c2c3c1O[C@@H]1C[C@H](O)C=C[C@]31CCN(CC(=O)O)C2. The topological polar surface area (TPSA) is 79.2 Å². The summed E-state index contributed by atoms with van der Waals surface area (Å²) < 4.78 is 12.7. The Hall–Kier alpha value is -1.57. The van der Waals surface area contributed by atoms with Crippen molar-refractivity contribution in [1.29, 1.82) is 0 Å². The molecule has 1 aliphatic carbocycles. The van der Waals surface area contributed by atoms with E-state index in [2.05, 4.69) is 22.0 Å². The number of carboxylic acids is 1. The zero-order chi connectivity index (χ0) is 17.8. The first-order valence-electron chi connectivity index (χ1n) is 8.32. The summed E-state index contributed by atoms with van der Waals surface area (Å²) in [6, 6.07) is 1.88. The summed E-state index contributed by atoms with van der Waals surface area (Å²) in [5, 5.41) is 19.3. The maximum absolute atomic E-state index is 11.2. The van der Waals surface area contributed by atoms with E-state index in [-0.39, 0.29) is 18.1 Å². The molecule has 3 aliphatic rings. The van der Waals surface area contributed by atoms with Gasteiger partial charge in [0.15, 0.2) is 11.5 Å². The van der Waals surface area contributed by atoms with Gasteiger partial charge in [-0.25, -0.2) is 0 Å². The number of benzene rings is 1. The van der Waals surface area contributed by atoms with E-state index < -0.39 is 12.1 Å². The number of carboxylic acid groups (broad SMARTS) is 1. The van der Waals surface area contributed by atoms with Crippen LogP contribution in [0.2, 0.25) is 0 Å². The van der Waals surface area contributed by atoms with Crippen LogP contribution in [0.3, 0.4) is 0 Å². The summed E-state index contributed by atoms with van der Waals surface area (Å²) in [4.78, 5) is 13.2. The molecule has 6 nitrogen and oxygen atoms in total. The summed E-state index contributed by atoms with van der Waals surface area (Å²) in [7, 11) is 1.61. The molecule has 2 aliphatic heterocycles. The molecule has 7 heteroatoms. The lowest BCUT2D eigenvalue weighted by molar-refractivity contribution is -0.138. The highest BCUT2D eigenvalue weighted by atomic mass is 79.9. The lowest BCUT2D eigenvalue weighted by Gasteiger charge is -2.35. The van der Waals surface area contributed by atoms with E-state index in [4.69, 9.17) is 9.47 Å².